The summed E-state index contributed by atoms with van der Waals surface area (Å²) in [7, 11) is 0. The first-order valence-corrected chi connectivity index (χ1v) is 6.22. The summed E-state index contributed by atoms with van der Waals surface area (Å²) in [5.74, 6) is 0.526. The van der Waals surface area contributed by atoms with Crippen molar-refractivity contribution >= 4 is 11.3 Å². The quantitative estimate of drug-likeness (QED) is 0.737. The van der Waals surface area contributed by atoms with Crippen molar-refractivity contribution in [2.45, 2.75) is 26.7 Å². The van der Waals surface area contributed by atoms with E-state index in [0.29, 0.717) is 5.92 Å². The van der Waals surface area contributed by atoms with Crippen molar-refractivity contribution in [2.75, 3.05) is 18.0 Å². The molecule has 86 valence electrons. The van der Waals surface area contributed by atoms with Gasteiger partial charge in [0.2, 0.25) is 0 Å². The fourth-order valence-corrected chi connectivity index (χ4v) is 2.19. The van der Waals surface area contributed by atoms with Crippen LogP contribution in [0.4, 0.5) is 5.69 Å². The minimum atomic E-state index is 0.526. The van der Waals surface area contributed by atoms with Crippen LogP contribution in [0.1, 0.15) is 32.3 Å². The van der Waals surface area contributed by atoms with Gasteiger partial charge in [-0.2, -0.15) is 0 Å². The van der Waals surface area contributed by atoms with Crippen LogP contribution in [0, 0.1) is 5.92 Å². The van der Waals surface area contributed by atoms with Crippen molar-refractivity contribution in [1.29, 1.82) is 0 Å². The summed E-state index contributed by atoms with van der Waals surface area (Å²) in [6, 6.07) is 8.87. The fourth-order valence-electron chi connectivity index (χ4n) is 2.19. The number of nitrogens with zero attached hydrogens (tertiary/aromatic N) is 1. The lowest BCUT2D eigenvalue weighted by Gasteiger charge is -2.18. The molecule has 1 aliphatic heterocycles. The van der Waals surface area contributed by atoms with E-state index in [0.717, 1.165) is 0 Å². The summed E-state index contributed by atoms with van der Waals surface area (Å²) in [6.07, 6.45) is 2.67. The molecule has 0 bridgehead atoms. The largest absolute Gasteiger partial charge is 0.372 e. The zero-order chi connectivity index (χ0) is 11.5. The lowest BCUT2D eigenvalue weighted by molar-refractivity contribution is 0.857. The van der Waals surface area contributed by atoms with Crippen LogP contribution in [-0.2, 0) is 0 Å². The lowest BCUT2D eigenvalue weighted by Crippen LogP contribution is -2.17. The summed E-state index contributed by atoms with van der Waals surface area (Å²) >= 11 is 0. The van der Waals surface area contributed by atoms with Gasteiger partial charge in [0.05, 0.1) is 0 Å². The monoisotopic (exact) mass is 215 g/mol. The normalized spacial score (nSPS) is 15.8. The van der Waals surface area contributed by atoms with E-state index >= 15 is 0 Å². The molecule has 0 spiro atoms. The number of anilines is 1. The minimum Gasteiger partial charge on any atom is -0.372 e. The highest BCUT2D eigenvalue weighted by molar-refractivity contribution is 5.66. The van der Waals surface area contributed by atoms with E-state index in [-0.39, 0.29) is 0 Å². The molecule has 1 heteroatoms. The molecular formula is C15H21N. The van der Waals surface area contributed by atoms with Crippen LogP contribution in [0.5, 0.6) is 0 Å². The smallest absolute Gasteiger partial charge is 0.0366 e. The minimum absolute atomic E-state index is 0.526. The first-order valence-electron chi connectivity index (χ1n) is 6.22. The summed E-state index contributed by atoms with van der Waals surface area (Å²) in [4.78, 5) is 2.46. The molecule has 0 atom stereocenters. The molecule has 0 amide bonds. The zero-order valence-electron chi connectivity index (χ0n) is 10.4. The van der Waals surface area contributed by atoms with Crippen molar-refractivity contribution in [1.82, 2.24) is 0 Å². The molecule has 2 rings (SSSR count). The Bertz CT molecular complexity index is 356. The fraction of sp³-hybridized carbons (Fsp3) is 0.467. The molecule has 0 N–H and O–H groups in total. The Labute approximate surface area is 98.8 Å². The number of hydrogen-bond donors (Lipinski definition) is 0. The Morgan fingerprint density at radius 3 is 2.19 bits per heavy atom. The highest BCUT2D eigenvalue weighted by Crippen LogP contribution is 2.25. The second kappa shape index (κ2) is 4.73. The molecule has 0 radical (unpaired) electrons. The molecule has 0 unspecified atom stereocenters. The molecule has 1 aliphatic rings. The molecule has 0 aliphatic carbocycles. The van der Waals surface area contributed by atoms with Crippen LogP contribution < -0.4 is 4.90 Å². The van der Waals surface area contributed by atoms with Gasteiger partial charge >= 0.3 is 0 Å². The summed E-state index contributed by atoms with van der Waals surface area (Å²) < 4.78 is 0. The molecule has 1 aromatic rings. The maximum Gasteiger partial charge on any atom is 0.0366 e. The van der Waals surface area contributed by atoms with Crippen LogP contribution in [0.2, 0.25) is 0 Å². The van der Waals surface area contributed by atoms with Crippen LogP contribution in [-0.4, -0.2) is 13.1 Å². The van der Waals surface area contributed by atoms with E-state index in [9.17, 15) is 0 Å². The van der Waals surface area contributed by atoms with Crippen LogP contribution >= 0.6 is 0 Å². The van der Waals surface area contributed by atoms with Gasteiger partial charge < -0.3 is 4.90 Å². The van der Waals surface area contributed by atoms with Crippen molar-refractivity contribution < 1.29 is 0 Å². The molecule has 0 aromatic heterocycles. The van der Waals surface area contributed by atoms with E-state index in [4.69, 9.17) is 0 Å². The SMILES string of the molecule is C=C(c1ccc(N2CCCC2)cc1)C(C)C. The summed E-state index contributed by atoms with van der Waals surface area (Å²) in [6.45, 7) is 10.9. The van der Waals surface area contributed by atoms with E-state index in [2.05, 4.69) is 49.6 Å². The van der Waals surface area contributed by atoms with Gasteiger partial charge in [0.15, 0.2) is 0 Å². The van der Waals surface area contributed by atoms with Gasteiger partial charge in [0, 0.05) is 18.8 Å². The van der Waals surface area contributed by atoms with Crippen LogP contribution in [0.25, 0.3) is 5.57 Å². The predicted molar refractivity (Wildman–Crippen MR) is 71.8 cm³/mol. The number of allylic oxidation sites excluding steroid dienone is 1. The average Bonchev–Trinajstić information content (AvgIpc) is 2.81. The van der Waals surface area contributed by atoms with Gasteiger partial charge in [-0.1, -0.05) is 32.6 Å². The number of hydrogen-bond acceptors (Lipinski definition) is 1. The first kappa shape index (κ1) is 11.3. The van der Waals surface area contributed by atoms with Crippen LogP contribution in [0.15, 0.2) is 30.8 Å². The van der Waals surface area contributed by atoms with Crippen molar-refractivity contribution in [2.24, 2.45) is 5.92 Å². The Hall–Kier alpha value is -1.24. The molecule has 1 heterocycles. The van der Waals surface area contributed by atoms with Crippen molar-refractivity contribution in [3.8, 4) is 0 Å². The van der Waals surface area contributed by atoms with Gasteiger partial charge in [-0.15, -0.1) is 0 Å². The summed E-state index contributed by atoms with van der Waals surface area (Å²) in [5, 5.41) is 0. The van der Waals surface area contributed by atoms with E-state index in [1.807, 2.05) is 0 Å². The van der Waals surface area contributed by atoms with E-state index < -0.39 is 0 Å². The Morgan fingerprint density at radius 1 is 1.12 bits per heavy atom. The Balaban J connectivity index is 2.12. The van der Waals surface area contributed by atoms with Crippen LogP contribution in [0.3, 0.4) is 0 Å². The summed E-state index contributed by atoms with van der Waals surface area (Å²) in [5.41, 5.74) is 3.86. The third kappa shape index (κ3) is 2.29. The number of benzene rings is 1. The van der Waals surface area contributed by atoms with Gasteiger partial charge in [-0.25, -0.2) is 0 Å². The number of rotatable bonds is 3. The van der Waals surface area contributed by atoms with Gasteiger partial charge in [0.1, 0.15) is 0 Å². The van der Waals surface area contributed by atoms with Gasteiger partial charge in [-0.05, 0) is 42.0 Å². The second-order valence-corrected chi connectivity index (χ2v) is 4.92. The third-order valence-corrected chi connectivity index (χ3v) is 3.41. The third-order valence-electron chi connectivity index (χ3n) is 3.41. The Kier molecular flexibility index (Phi) is 3.33. The second-order valence-electron chi connectivity index (χ2n) is 4.92. The van der Waals surface area contributed by atoms with Crippen molar-refractivity contribution in [3.63, 3.8) is 0 Å². The van der Waals surface area contributed by atoms with E-state index in [1.54, 1.807) is 0 Å². The van der Waals surface area contributed by atoms with Gasteiger partial charge in [-0.3, -0.25) is 0 Å². The maximum absolute atomic E-state index is 4.14. The molecule has 1 nitrogen and oxygen atoms in total. The maximum atomic E-state index is 4.14. The highest BCUT2D eigenvalue weighted by Gasteiger charge is 2.12. The Morgan fingerprint density at radius 2 is 1.69 bits per heavy atom. The topological polar surface area (TPSA) is 3.24 Å². The lowest BCUT2D eigenvalue weighted by atomic mass is 9.97. The molecular weight excluding hydrogens is 194 g/mol. The highest BCUT2D eigenvalue weighted by atomic mass is 15.1. The predicted octanol–water partition coefficient (Wildman–Crippen LogP) is 3.96. The molecule has 1 fully saturated rings. The zero-order valence-corrected chi connectivity index (χ0v) is 10.4. The van der Waals surface area contributed by atoms with Crippen molar-refractivity contribution in [3.05, 3.63) is 36.4 Å². The molecule has 1 saturated heterocycles. The van der Waals surface area contributed by atoms with E-state index in [1.165, 1.54) is 42.8 Å². The molecule has 16 heavy (non-hydrogen) atoms. The first-order chi connectivity index (χ1) is 7.68. The molecule has 0 saturated carbocycles. The average molecular weight is 215 g/mol. The standard InChI is InChI=1S/C15H21N/c1-12(2)13(3)14-6-8-15(9-7-14)16-10-4-5-11-16/h6-9,12H,3-5,10-11H2,1-2H3. The van der Waals surface area contributed by atoms with Gasteiger partial charge in [0.25, 0.3) is 0 Å². The molecule has 1 aromatic carbocycles.